The fraction of sp³-hybridized carbons (Fsp3) is 1.00. The van der Waals surface area contributed by atoms with Gasteiger partial charge in [-0.25, -0.2) is 0 Å². The molecular formula is C10H21NO2. The van der Waals surface area contributed by atoms with Gasteiger partial charge in [0, 0.05) is 13.1 Å². The molecule has 78 valence electrons. The van der Waals surface area contributed by atoms with E-state index in [1.807, 2.05) is 6.92 Å². The maximum absolute atomic E-state index is 9.27. The second-order valence-electron chi connectivity index (χ2n) is 4.07. The molecule has 0 radical (unpaired) electrons. The molecule has 0 unspecified atom stereocenters. The van der Waals surface area contributed by atoms with Crippen molar-refractivity contribution in [2.75, 3.05) is 26.3 Å². The number of likely N-dealkylation sites (tertiary alicyclic amines) is 1. The molecule has 1 rings (SSSR count). The van der Waals surface area contributed by atoms with Crippen molar-refractivity contribution < 1.29 is 10.2 Å². The Morgan fingerprint density at radius 2 is 1.77 bits per heavy atom. The third kappa shape index (κ3) is 1.87. The summed E-state index contributed by atoms with van der Waals surface area (Å²) in [7, 11) is 0. The zero-order valence-electron chi connectivity index (χ0n) is 8.66. The molecule has 0 saturated carbocycles. The molecule has 3 heteroatoms. The summed E-state index contributed by atoms with van der Waals surface area (Å²) in [6, 6.07) is 0. The van der Waals surface area contributed by atoms with E-state index in [0.717, 1.165) is 25.4 Å². The number of aliphatic hydroxyl groups excluding tert-OH is 2. The van der Waals surface area contributed by atoms with Crippen molar-refractivity contribution >= 4 is 0 Å². The summed E-state index contributed by atoms with van der Waals surface area (Å²) in [6.07, 6.45) is 2.02. The Balaban J connectivity index is 2.48. The van der Waals surface area contributed by atoms with Crippen LogP contribution >= 0.6 is 0 Å². The highest BCUT2D eigenvalue weighted by Crippen LogP contribution is 2.29. The van der Waals surface area contributed by atoms with Gasteiger partial charge in [0.25, 0.3) is 0 Å². The van der Waals surface area contributed by atoms with E-state index in [1.54, 1.807) is 0 Å². The Morgan fingerprint density at radius 3 is 2.08 bits per heavy atom. The van der Waals surface area contributed by atoms with E-state index in [2.05, 4.69) is 11.8 Å². The van der Waals surface area contributed by atoms with Gasteiger partial charge < -0.3 is 10.2 Å². The van der Waals surface area contributed by atoms with Gasteiger partial charge in [-0.05, 0) is 12.3 Å². The first-order chi connectivity index (χ1) is 6.22. The van der Waals surface area contributed by atoms with E-state index in [0.29, 0.717) is 0 Å². The van der Waals surface area contributed by atoms with E-state index in [9.17, 15) is 10.2 Å². The highest BCUT2D eigenvalue weighted by Gasteiger charge is 2.40. The SMILES string of the molecule is CCC1CN(C(CC)(CO)CO)C1. The molecule has 13 heavy (non-hydrogen) atoms. The van der Waals surface area contributed by atoms with Crippen LogP contribution in [0.2, 0.25) is 0 Å². The Morgan fingerprint density at radius 1 is 1.23 bits per heavy atom. The quantitative estimate of drug-likeness (QED) is 0.657. The Labute approximate surface area is 80.4 Å². The summed E-state index contributed by atoms with van der Waals surface area (Å²) in [5.41, 5.74) is -0.355. The lowest BCUT2D eigenvalue weighted by atomic mass is 9.86. The molecule has 1 aliphatic heterocycles. The van der Waals surface area contributed by atoms with Crippen LogP contribution in [0.15, 0.2) is 0 Å². The first-order valence-electron chi connectivity index (χ1n) is 5.19. The Hall–Kier alpha value is -0.120. The van der Waals surface area contributed by atoms with Crippen LogP contribution in [0.5, 0.6) is 0 Å². The van der Waals surface area contributed by atoms with E-state index in [4.69, 9.17) is 0 Å². The molecule has 1 saturated heterocycles. The molecule has 0 spiro atoms. The van der Waals surface area contributed by atoms with Gasteiger partial charge in [-0.3, -0.25) is 4.90 Å². The summed E-state index contributed by atoms with van der Waals surface area (Å²) < 4.78 is 0. The predicted molar refractivity (Wildman–Crippen MR) is 52.5 cm³/mol. The van der Waals surface area contributed by atoms with Crippen molar-refractivity contribution in [3.8, 4) is 0 Å². The zero-order chi connectivity index (χ0) is 9.90. The van der Waals surface area contributed by atoms with Gasteiger partial charge in [-0.15, -0.1) is 0 Å². The smallest absolute Gasteiger partial charge is 0.0670 e. The lowest BCUT2D eigenvalue weighted by molar-refractivity contribution is -0.0763. The molecule has 0 aliphatic carbocycles. The summed E-state index contributed by atoms with van der Waals surface area (Å²) >= 11 is 0. The molecular weight excluding hydrogens is 166 g/mol. The fourth-order valence-electron chi connectivity index (χ4n) is 1.91. The van der Waals surface area contributed by atoms with Gasteiger partial charge >= 0.3 is 0 Å². The summed E-state index contributed by atoms with van der Waals surface area (Å²) in [5, 5.41) is 18.5. The zero-order valence-corrected chi connectivity index (χ0v) is 8.66. The number of hydrogen-bond donors (Lipinski definition) is 2. The first-order valence-corrected chi connectivity index (χ1v) is 5.19. The summed E-state index contributed by atoms with van der Waals surface area (Å²) in [4.78, 5) is 2.21. The predicted octanol–water partition coefficient (Wildman–Crippen LogP) is 0.462. The minimum absolute atomic E-state index is 0.0659. The highest BCUT2D eigenvalue weighted by molar-refractivity contribution is 4.95. The van der Waals surface area contributed by atoms with Gasteiger partial charge in [0.2, 0.25) is 0 Å². The molecule has 3 nitrogen and oxygen atoms in total. The van der Waals surface area contributed by atoms with Crippen LogP contribution in [0.1, 0.15) is 26.7 Å². The van der Waals surface area contributed by atoms with Crippen molar-refractivity contribution in [1.82, 2.24) is 4.90 Å². The molecule has 0 atom stereocenters. The van der Waals surface area contributed by atoms with Gasteiger partial charge in [0.15, 0.2) is 0 Å². The second-order valence-corrected chi connectivity index (χ2v) is 4.07. The third-order valence-electron chi connectivity index (χ3n) is 3.45. The first kappa shape index (κ1) is 11.0. The lowest BCUT2D eigenvalue weighted by Gasteiger charge is -2.50. The summed E-state index contributed by atoms with van der Waals surface area (Å²) in [6.45, 7) is 6.41. The van der Waals surface area contributed by atoms with Crippen molar-refractivity contribution in [1.29, 1.82) is 0 Å². The normalized spacial score (nSPS) is 20.3. The summed E-state index contributed by atoms with van der Waals surface area (Å²) in [5.74, 6) is 0.768. The van der Waals surface area contributed by atoms with Crippen LogP contribution in [0.3, 0.4) is 0 Å². The fourth-order valence-corrected chi connectivity index (χ4v) is 1.91. The Kier molecular flexibility index (Phi) is 3.71. The number of nitrogens with zero attached hydrogens (tertiary/aromatic N) is 1. The maximum atomic E-state index is 9.27. The van der Waals surface area contributed by atoms with E-state index in [-0.39, 0.29) is 18.8 Å². The van der Waals surface area contributed by atoms with Gasteiger partial charge in [0.1, 0.15) is 0 Å². The van der Waals surface area contributed by atoms with Crippen molar-refractivity contribution in [2.24, 2.45) is 5.92 Å². The van der Waals surface area contributed by atoms with Gasteiger partial charge in [0.05, 0.1) is 18.8 Å². The standard InChI is InChI=1S/C10H21NO2/c1-3-9-5-11(6-9)10(4-2,7-12)8-13/h9,12-13H,3-8H2,1-2H3. The number of aliphatic hydroxyl groups is 2. The maximum Gasteiger partial charge on any atom is 0.0670 e. The van der Waals surface area contributed by atoms with E-state index < -0.39 is 0 Å². The largest absolute Gasteiger partial charge is 0.394 e. The molecule has 0 aromatic heterocycles. The van der Waals surface area contributed by atoms with Crippen LogP contribution in [-0.4, -0.2) is 47.0 Å². The van der Waals surface area contributed by atoms with E-state index >= 15 is 0 Å². The van der Waals surface area contributed by atoms with Crippen molar-refractivity contribution in [3.63, 3.8) is 0 Å². The average molecular weight is 187 g/mol. The van der Waals surface area contributed by atoms with Crippen molar-refractivity contribution in [2.45, 2.75) is 32.2 Å². The molecule has 0 aromatic rings. The van der Waals surface area contributed by atoms with E-state index in [1.165, 1.54) is 6.42 Å². The minimum atomic E-state index is -0.355. The van der Waals surface area contributed by atoms with Crippen LogP contribution < -0.4 is 0 Å². The molecule has 0 amide bonds. The number of rotatable bonds is 5. The van der Waals surface area contributed by atoms with Crippen LogP contribution in [0, 0.1) is 5.92 Å². The average Bonchev–Trinajstić information content (AvgIpc) is 2.11. The third-order valence-corrected chi connectivity index (χ3v) is 3.45. The van der Waals surface area contributed by atoms with Crippen LogP contribution in [-0.2, 0) is 0 Å². The van der Waals surface area contributed by atoms with Gasteiger partial charge in [-0.1, -0.05) is 20.3 Å². The topological polar surface area (TPSA) is 43.7 Å². The van der Waals surface area contributed by atoms with Crippen LogP contribution in [0.4, 0.5) is 0 Å². The molecule has 2 N–H and O–H groups in total. The monoisotopic (exact) mass is 187 g/mol. The highest BCUT2D eigenvalue weighted by atomic mass is 16.3. The molecule has 0 aromatic carbocycles. The second kappa shape index (κ2) is 4.40. The van der Waals surface area contributed by atoms with Gasteiger partial charge in [-0.2, -0.15) is 0 Å². The lowest BCUT2D eigenvalue weighted by Crippen LogP contribution is -2.63. The molecule has 1 fully saturated rings. The Bertz CT molecular complexity index is 143. The molecule has 1 aliphatic rings. The molecule has 1 heterocycles. The van der Waals surface area contributed by atoms with Crippen molar-refractivity contribution in [3.05, 3.63) is 0 Å². The minimum Gasteiger partial charge on any atom is -0.394 e. The molecule has 0 bridgehead atoms. The van der Waals surface area contributed by atoms with Crippen LogP contribution in [0.25, 0.3) is 0 Å². The number of hydrogen-bond acceptors (Lipinski definition) is 3.